The molecule has 0 spiro atoms. The third-order valence-corrected chi connectivity index (χ3v) is 9.90. The summed E-state index contributed by atoms with van der Waals surface area (Å²) >= 11 is 0. The number of piperidine rings is 1. The van der Waals surface area contributed by atoms with Crippen molar-refractivity contribution >= 4 is 21.5 Å². The van der Waals surface area contributed by atoms with E-state index >= 15 is 0 Å². The third-order valence-electron chi connectivity index (χ3n) is 7.66. The number of carbonyl (C=O) groups is 2. The molecule has 4 aliphatic rings. The Hall–Kier alpha value is -0.950. The molecule has 3 heterocycles. The van der Waals surface area contributed by atoms with Crippen LogP contribution in [0.4, 0.5) is 0 Å². The molecule has 6 nitrogen and oxygen atoms in total. The molecule has 2 amide bonds. The molecule has 4 unspecified atom stereocenters. The highest BCUT2D eigenvalue weighted by molar-refractivity contribution is 7.93. The highest BCUT2D eigenvalue weighted by atomic mass is 32.2. The molecule has 4 atom stereocenters. The van der Waals surface area contributed by atoms with Crippen LogP contribution in [0.25, 0.3) is 0 Å². The zero-order valence-electron chi connectivity index (χ0n) is 17.9. The SMILES string of the molecule is CCCCC1(C(=O)N=S(C)(=O)C2CCN(C(=O)CC3CC4CCC3O4)CC2)CC1. The fourth-order valence-corrected chi connectivity index (χ4v) is 7.18. The molecule has 1 saturated carbocycles. The number of unbranched alkanes of at least 4 members (excludes halogenated alkanes) is 1. The summed E-state index contributed by atoms with van der Waals surface area (Å²) in [5, 5.41) is -0.0942. The lowest BCUT2D eigenvalue weighted by molar-refractivity contribution is -0.133. The number of carbonyl (C=O) groups excluding carboxylic acids is 2. The van der Waals surface area contributed by atoms with Gasteiger partial charge in [0.05, 0.1) is 27.4 Å². The van der Waals surface area contributed by atoms with Gasteiger partial charge in [-0.2, -0.15) is 4.36 Å². The Labute approximate surface area is 175 Å². The van der Waals surface area contributed by atoms with E-state index in [1.165, 1.54) is 0 Å². The summed E-state index contributed by atoms with van der Waals surface area (Å²) in [6.45, 7) is 3.38. The molecular weight excluding hydrogens is 388 g/mol. The lowest BCUT2D eigenvalue weighted by Crippen LogP contribution is -2.43. The number of nitrogens with zero attached hydrogens (tertiary/aromatic N) is 2. The molecule has 0 aromatic rings. The Morgan fingerprint density at radius 1 is 1.17 bits per heavy atom. The normalized spacial score (nSPS) is 32.8. The van der Waals surface area contributed by atoms with E-state index in [0.29, 0.717) is 44.4 Å². The summed E-state index contributed by atoms with van der Waals surface area (Å²) in [6, 6.07) is 0. The Kier molecular flexibility index (Phi) is 6.09. The van der Waals surface area contributed by atoms with Gasteiger partial charge in [0.15, 0.2) is 0 Å². The van der Waals surface area contributed by atoms with E-state index in [2.05, 4.69) is 11.3 Å². The zero-order chi connectivity index (χ0) is 20.6. The Bertz CT molecular complexity index is 761. The molecule has 3 aliphatic heterocycles. The Morgan fingerprint density at radius 2 is 1.90 bits per heavy atom. The topological polar surface area (TPSA) is 76.0 Å². The van der Waals surface area contributed by atoms with Gasteiger partial charge in [-0.05, 0) is 57.3 Å². The third kappa shape index (κ3) is 4.55. The molecule has 3 saturated heterocycles. The maximum atomic E-state index is 13.2. The van der Waals surface area contributed by atoms with Crippen LogP contribution in [0, 0.1) is 11.3 Å². The van der Waals surface area contributed by atoms with E-state index in [0.717, 1.165) is 51.4 Å². The molecule has 0 aromatic heterocycles. The van der Waals surface area contributed by atoms with Crippen molar-refractivity contribution < 1.29 is 18.5 Å². The number of fused-ring (bicyclic) bond motifs is 2. The van der Waals surface area contributed by atoms with Crippen molar-refractivity contribution in [1.82, 2.24) is 4.90 Å². The standard InChI is InChI=1S/C22H36N2O4S/c1-3-4-9-22(10-11-22)21(26)23-29(2,27)18-7-12-24(13-8-18)20(25)15-16-14-17-5-6-19(16)28-17/h16-19H,3-15H2,1-2H3. The number of amides is 2. The minimum Gasteiger partial charge on any atom is -0.375 e. The molecule has 7 heteroatoms. The highest BCUT2D eigenvalue weighted by Crippen LogP contribution is 2.51. The van der Waals surface area contributed by atoms with Gasteiger partial charge in [0.2, 0.25) is 5.91 Å². The molecule has 4 fully saturated rings. The largest absolute Gasteiger partial charge is 0.375 e. The minimum absolute atomic E-state index is 0.0942. The van der Waals surface area contributed by atoms with Crippen LogP contribution in [0.1, 0.15) is 77.6 Å². The highest BCUT2D eigenvalue weighted by Gasteiger charge is 2.49. The molecule has 164 valence electrons. The van der Waals surface area contributed by atoms with Crippen LogP contribution >= 0.6 is 0 Å². The maximum Gasteiger partial charge on any atom is 0.259 e. The fraction of sp³-hybridized carbons (Fsp3) is 0.909. The van der Waals surface area contributed by atoms with E-state index in [1.807, 2.05) is 4.90 Å². The molecule has 29 heavy (non-hydrogen) atoms. The van der Waals surface area contributed by atoms with Gasteiger partial charge in [0, 0.05) is 31.0 Å². The zero-order valence-corrected chi connectivity index (χ0v) is 18.8. The first kappa shape index (κ1) is 21.3. The first-order chi connectivity index (χ1) is 13.8. The van der Waals surface area contributed by atoms with Crippen molar-refractivity contribution in [2.45, 2.75) is 95.0 Å². The first-order valence-corrected chi connectivity index (χ1v) is 13.5. The second-order valence-electron chi connectivity index (χ2n) is 9.80. The summed E-state index contributed by atoms with van der Waals surface area (Å²) in [5.74, 6) is 0.449. The van der Waals surface area contributed by atoms with Gasteiger partial charge in [-0.3, -0.25) is 9.59 Å². The smallest absolute Gasteiger partial charge is 0.259 e. The van der Waals surface area contributed by atoms with Gasteiger partial charge in [-0.25, -0.2) is 4.21 Å². The summed E-state index contributed by atoms with van der Waals surface area (Å²) in [6.07, 6.45) is 12.3. The van der Waals surface area contributed by atoms with E-state index in [1.54, 1.807) is 6.26 Å². The van der Waals surface area contributed by atoms with Crippen LogP contribution in [-0.2, 0) is 24.1 Å². The number of rotatable bonds is 7. The van der Waals surface area contributed by atoms with Gasteiger partial charge >= 0.3 is 0 Å². The van der Waals surface area contributed by atoms with Gasteiger partial charge in [-0.1, -0.05) is 19.8 Å². The summed E-state index contributed by atoms with van der Waals surface area (Å²) in [5.41, 5.74) is -0.311. The van der Waals surface area contributed by atoms with Crippen LogP contribution in [0.5, 0.6) is 0 Å². The number of hydrogen-bond donors (Lipinski definition) is 0. The Morgan fingerprint density at radius 3 is 2.45 bits per heavy atom. The Balaban J connectivity index is 1.29. The molecular formula is C22H36N2O4S. The van der Waals surface area contributed by atoms with Crippen molar-refractivity contribution in [1.29, 1.82) is 0 Å². The van der Waals surface area contributed by atoms with E-state index < -0.39 is 9.73 Å². The van der Waals surface area contributed by atoms with Crippen LogP contribution in [0.3, 0.4) is 0 Å². The molecule has 4 rings (SSSR count). The quantitative estimate of drug-likeness (QED) is 0.626. The van der Waals surface area contributed by atoms with Gasteiger partial charge in [-0.15, -0.1) is 0 Å². The van der Waals surface area contributed by atoms with Crippen LogP contribution in [-0.4, -0.2) is 57.7 Å². The minimum atomic E-state index is -2.56. The summed E-state index contributed by atoms with van der Waals surface area (Å²) < 4.78 is 23.4. The summed E-state index contributed by atoms with van der Waals surface area (Å²) in [7, 11) is -2.56. The van der Waals surface area contributed by atoms with E-state index in [-0.39, 0.29) is 28.6 Å². The van der Waals surface area contributed by atoms with Gasteiger partial charge in [0.25, 0.3) is 5.91 Å². The monoisotopic (exact) mass is 424 g/mol. The van der Waals surface area contributed by atoms with Gasteiger partial charge < -0.3 is 9.64 Å². The number of hydrogen-bond acceptors (Lipinski definition) is 4. The van der Waals surface area contributed by atoms with Crippen LogP contribution in [0.15, 0.2) is 4.36 Å². The van der Waals surface area contributed by atoms with Crippen molar-refractivity contribution in [2.24, 2.45) is 15.7 Å². The first-order valence-electron chi connectivity index (χ1n) is 11.5. The molecule has 0 radical (unpaired) electrons. The van der Waals surface area contributed by atoms with Crippen LogP contribution in [0.2, 0.25) is 0 Å². The number of ether oxygens (including phenoxy) is 1. The second-order valence-corrected chi connectivity index (χ2v) is 12.4. The van der Waals surface area contributed by atoms with Crippen molar-refractivity contribution in [3.8, 4) is 0 Å². The number of likely N-dealkylation sites (tertiary alicyclic amines) is 1. The average Bonchev–Trinajstić information content (AvgIpc) is 3.22. The molecule has 2 bridgehead atoms. The predicted molar refractivity (Wildman–Crippen MR) is 113 cm³/mol. The lowest BCUT2D eigenvalue weighted by Gasteiger charge is -2.33. The summed E-state index contributed by atoms with van der Waals surface area (Å²) in [4.78, 5) is 27.3. The fourth-order valence-electron chi connectivity index (χ4n) is 5.43. The van der Waals surface area contributed by atoms with E-state index in [9.17, 15) is 13.8 Å². The van der Waals surface area contributed by atoms with Crippen molar-refractivity contribution in [2.75, 3.05) is 19.3 Å². The molecule has 0 N–H and O–H groups in total. The van der Waals surface area contributed by atoms with Gasteiger partial charge in [0.1, 0.15) is 0 Å². The molecule has 1 aliphatic carbocycles. The lowest BCUT2D eigenvalue weighted by atomic mass is 9.86. The van der Waals surface area contributed by atoms with E-state index in [4.69, 9.17) is 4.74 Å². The maximum absolute atomic E-state index is 13.2. The second kappa shape index (κ2) is 8.29. The average molecular weight is 425 g/mol. The van der Waals surface area contributed by atoms with Crippen LogP contribution < -0.4 is 0 Å². The predicted octanol–water partition coefficient (Wildman–Crippen LogP) is 3.53. The van der Waals surface area contributed by atoms with Crippen molar-refractivity contribution in [3.05, 3.63) is 0 Å². The van der Waals surface area contributed by atoms with Crippen molar-refractivity contribution in [3.63, 3.8) is 0 Å². The molecule has 0 aromatic carbocycles.